The summed E-state index contributed by atoms with van der Waals surface area (Å²) < 4.78 is 0. The molecule has 3 rings (SSSR count). The fourth-order valence-electron chi connectivity index (χ4n) is 3.59. The van der Waals surface area contributed by atoms with Gasteiger partial charge < -0.3 is 5.32 Å². The van der Waals surface area contributed by atoms with Crippen molar-refractivity contribution in [3.8, 4) is 0 Å². The number of ketones is 1. The van der Waals surface area contributed by atoms with Crippen LogP contribution in [0.1, 0.15) is 48.2 Å². The van der Waals surface area contributed by atoms with E-state index in [9.17, 15) is 9.59 Å². The Hall–Kier alpha value is -2.50. The topological polar surface area (TPSA) is 52.7 Å². The van der Waals surface area contributed by atoms with E-state index in [4.69, 9.17) is 0 Å². The molecule has 1 amide bonds. The molecule has 0 bridgehead atoms. The maximum atomic E-state index is 12.4. The lowest BCUT2D eigenvalue weighted by atomic mass is 10.0. The quantitative estimate of drug-likeness (QED) is 0.728. The largest absolute Gasteiger partial charge is 0.325 e. The molecule has 0 unspecified atom stereocenters. The molecule has 0 saturated carbocycles. The summed E-state index contributed by atoms with van der Waals surface area (Å²) in [6, 6.07) is 16.0. The number of carbonyl (C=O) groups excluding carboxylic acids is 2. The van der Waals surface area contributed by atoms with Crippen molar-refractivity contribution < 1.29 is 9.59 Å². The van der Waals surface area contributed by atoms with Gasteiger partial charge in [0.1, 0.15) is 0 Å². The summed E-state index contributed by atoms with van der Waals surface area (Å²) in [5, 5.41) is 2.90. The van der Waals surface area contributed by atoms with Gasteiger partial charge in [0.05, 0.1) is 6.54 Å². The third kappa shape index (κ3) is 6.24. The van der Waals surface area contributed by atoms with E-state index >= 15 is 0 Å². The fourth-order valence-corrected chi connectivity index (χ4v) is 3.59. The maximum Gasteiger partial charge on any atom is 0.238 e. The summed E-state index contributed by atoms with van der Waals surface area (Å²) in [5.74, 6) is 0.517. The van der Waals surface area contributed by atoms with Crippen LogP contribution in [0.5, 0.6) is 0 Å². The van der Waals surface area contributed by atoms with E-state index in [0.29, 0.717) is 23.7 Å². The first-order valence-corrected chi connectivity index (χ1v) is 10.3. The molecule has 1 N–H and O–H groups in total. The van der Waals surface area contributed by atoms with E-state index in [0.717, 1.165) is 32.7 Å². The zero-order valence-electron chi connectivity index (χ0n) is 17.6. The molecular formula is C24H31N3O2. The van der Waals surface area contributed by atoms with Gasteiger partial charge in [-0.25, -0.2) is 0 Å². The molecule has 2 aromatic carbocycles. The molecule has 1 aliphatic heterocycles. The summed E-state index contributed by atoms with van der Waals surface area (Å²) in [6.45, 7) is 11.0. The first kappa shape index (κ1) is 21.2. The number of nitrogens with one attached hydrogen (secondary N) is 1. The number of hydrogen-bond acceptors (Lipinski definition) is 4. The fraction of sp³-hybridized carbons (Fsp3) is 0.417. The van der Waals surface area contributed by atoms with Gasteiger partial charge in [-0.2, -0.15) is 0 Å². The van der Waals surface area contributed by atoms with Gasteiger partial charge in [-0.1, -0.05) is 50.2 Å². The molecule has 154 valence electrons. The highest BCUT2D eigenvalue weighted by molar-refractivity contribution is 5.97. The molecule has 0 spiro atoms. The zero-order valence-corrected chi connectivity index (χ0v) is 17.6. The van der Waals surface area contributed by atoms with Gasteiger partial charge in [0, 0.05) is 44.0 Å². The van der Waals surface area contributed by atoms with Crippen molar-refractivity contribution in [3.05, 3.63) is 65.2 Å². The van der Waals surface area contributed by atoms with Crippen molar-refractivity contribution in [2.75, 3.05) is 38.0 Å². The minimum absolute atomic E-state index is 0.00364. The Balaban J connectivity index is 1.44. The van der Waals surface area contributed by atoms with Crippen LogP contribution in [0.2, 0.25) is 0 Å². The standard InChI is InChI=1S/C24H31N3O2/c1-18(2)21-9-7-20(8-10-21)16-26-11-13-27(14-12-26)17-24(29)25-23-6-4-5-22(15-23)19(3)28/h4-10,15,18H,11-14,16-17H2,1-3H3,(H,25,29). The second-order valence-electron chi connectivity index (χ2n) is 8.13. The van der Waals surface area contributed by atoms with E-state index in [2.05, 4.69) is 53.2 Å². The molecule has 2 aromatic rings. The van der Waals surface area contributed by atoms with Crippen molar-refractivity contribution in [3.63, 3.8) is 0 Å². The first-order valence-electron chi connectivity index (χ1n) is 10.3. The summed E-state index contributed by atoms with van der Waals surface area (Å²) >= 11 is 0. The molecule has 0 aromatic heterocycles. The minimum Gasteiger partial charge on any atom is -0.325 e. The highest BCUT2D eigenvalue weighted by Crippen LogP contribution is 2.16. The Morgan fingerprint density at radius 1 is 0.966 bits per heavy atom. The van der Waals surface area contributed by atoms with Crippen LogP contribution in [0, 0.1) is 0 Å². The molecule has 1 saturated heterocycles. The normalized spacial score (nSPS) is 15.4. The molecule has 5 heteroatoms. The Morgan fingerprint density at radius 2 is 1.62 bits per heavy atom. The van der Waals surface area contributed by atoms with Crippen LogP contribution >= 0.6 is 0 Å². The van der Waals surface area contributed by atoms with Crippen molar-refractivity contribution in [2.24, 2.45) is 0 Å². The first-order chi connectivity index (χ1) is 13.9. The summed E-state index contributed by atoms with van der Waals surface area (Å²) in [4.78, 5) is 28.5. The van der Waals surface area contributed by atoms with Crippen LogP contribution in [0.3, 0.4) is 0 Å². The zero-order chi connectivity index (χ0) is 20.8. The number of Topliss-reactive ketones (excluding diaryl/α,β-unsaturated/α-hetero) is 1. The van der Waals surface area contributed by atoms with E-state index in [1.165, 1.54) is 18.1 Å². The Bertz CT molecular complexity index is 837. The number of benzene rings is 2. The summed E-state index contributed by atoms with van der Waals surface area (Å²) in [7, 11) is 0. The molecule has 1 heterocycles. The van der Waals surface area contributed by atoms with Gasteiger partial charge in [-0.15, -0.1) is 0 Å². The summed E-state index contributed by atoms with van der Waals surface area (Å²) in [5.41, 5.74) is 3.99. The molecule has 29 heavy (non-hydrogen) atoms. The van der Waals surface area contributed by atoms with Crippen LogP contribution in [0.25, 0.3) is 0 Å². The smallest absolute Gasteiger partial charge is 0.238 e. The molecule has 1 aliphatic rings. The molecule has 0 atom stereocenters. The van der Waals surface area contributed by atoms with Crippen LogP contribution in [-0.4, -0.2) is 54.2 Å². The number of amides is 1. The minimum atomic E-state index is -0.0385. The van der Waals surface area contributed by atoms with Crippen molar-refractivity contribution in [1.29, 1.82) is 0 Å². The molecule has 1 fully saturated rings. The van der Waals surface area contributed by atoms with Crippen LogP contribution in [0.15, 0.2) is 48.5 Å². The van der Waals surface area contributed by atoms with E-state index < -0.39 is 0 Å². The third-order valence-electron chi connectivity index (χ3n) is 5.44. The van der Waals surface area contributed by atoms with Gasteiger partial charge in [-0.05, 0) is 36.1 Å². The maximum absolute atomic E-state index is 12.4. The molecule has 0 radical (unpaired) electrons. The predicted octanol–water partition coefficient (Wildman–Crippen LogP) is 3.77. The van der Waals surface area contributed by atoms with Crippen molar-refractivity contribution in [1.82, 2.24) is 9.80 Å². The molecular weight excluding hydrogens is 362 g/mol. The van der Waals surface area contributed by atoms with Gasteiger partial charge in [0.2, 0.25) is 5.91 Å². The third-order valence-corrected chi connectivity index (χ3v) is 5.44. The summed E-state index contributed by atoms with van der Waals surface area (Å²) in [6.07, 6.45) is 0. The predicted molar refractivity (Wildman–Crippen MR) is 117 cm³/mol. The molecule has 0 aliphatic carbocycles. The van der Waals surface area contributed by atoms with Gasteiger partial charge >= 0.3 is 0 Å². The van der Waals surface area contributed by atoms with Gasteiger partial charge in [0.15, 0.2) is 5.78 Å². The van der Waals surface area contributed by atoms with Crippen LogP contribution < -0.4 is 5.32 Å². The second kappa shape index (κ2) is 9.81. The highest BCUT2D eigenvalue weighted by Gasteiger charge is 2.19. The average molecular weight is 394 g/mol. The van der Waals surface area contributed by atoms with Crippen LogP contribution in [0.4, 0.5) is 5.69 Å². The Kier molecular flexibility index (Phi) is 7.18. The second-order valence-corrected chi connectivity index (χ2v) is 8.13. The average Bonchev–Trinajstić information content (AvgIpc) is 2.70. The van der Waals surface area contributed by atoms with E-state index in [1.54, 1.807) is 18.2 Å². The van der Waals surface area contributed by atoms with Crippen molar-refractivity contribution >= 4 is 17.4 Å². The van der Waals surface area contributed by atoms with E-state index in [1.807, 2.05) is 6.07 Å². The molecule has 5 nitrogen and oxygen atoms in total. The van der Waals surface area contributed by atoms with Crippen LogP contribution in [-0.2, 0) is 11.3 Å². The monoisotopic (exact) mass is 393 g/mol. The Morgan fingerprint density at radius 3 is 2.24 bits per heavy atom. The van der Waals surface area contributed by atoms with Gasteiger partial charge in [-0.3, -0.25) is 19.4 Å². The van der Waals surface area contributed by atoms with E-state index in [-0.39, 0.29) is 11.7 Å². The Labute approximate surface area is 173 Å². The lowest BCUT2D eigenvalue weighted by Gasteiger charge is -2.34. The highest BCUT2D eigenvalue weighted by atomic mass is 16.2. The number of rotatable bonds is 7. The SMILES string of the molecule is CC(=O)c1cccc(NC(=O)CN2CCN(Cc3ccc(C(C)C)cc3)CC2)c1. The number of nitrogens with zero attached hydrogens (tertiary/aromatic N) is 2. The number of carbonyl (C=O) groups is 2. The lowest BCUT2D eigenvalue weighted by molar-refractivity contribution is -0.117. The van der Waals surface area contributed by atoms with Gasteiger partial charge in [0.25, 0.3) is 0 Å². The number of hydrogen-bond donors (Lipinski definition) is 1. The number of piperazine rings is 1. The number of anilines is 1. The van der Waals surface area contributed by atoms with Crippen molar-refractivity contribution in [2.45, 2.75) is 33.2 Å². The lowest BCUT2D eigenvalue weighted by Crippen LogP contribution is -2.48.